The molecule has 0 spiro atoms. The normalized spacial score (nSPS) is 11.5. The molecule has 4 rings (SSSR count). The molecule has 0 N–H and O–H groups in total. The molecule has 0 aromatic heterocycles. The molecular formula is C26H21BrN2O2S. The first-order valence-corrected chi connectivity index (χ1v) is 12.3. The van der Waals surface area contributed by atoms with Gasteiger partial charge in [0.25, 0.3) is 10.0 Å². The minimum Gasteiger partial charge on any atom is -0.262 e. The summed E-state index contributed by atoms with van der Waals surface area (Å²) in [4.78, 5) is 4.76. The summed E-state index contributed by atoms with van der Waals surface area (Å²) >= 11 is 3.42. The van der Waals surface area contributed by atoms with E-state index in [9.17, 15) is 8.42 Å². The number of anilines is 1. The first-order valence-electron chi connectivity index (χ1n) is 10.0. The molecule has 0 aliphatic heterocycles. The number of hydrogen-bond donors (Lipinski definition) is 0. The number of rotatable bonds is 7. The molecule has 0 amide bonds. The largest absolute Gasteiger partial charge is 0.264 e. The van der Waals surface area contributed by atoms with Crippen molar-refractivity contribution in [1.29, 1.82) is 0 Å². The maximum absolute atomic E-state index is 13.5. The summed E-state index contributed by atoms with van der Waals surface area (Å²) in [7, 11) is -3.73. The van der Waals surface area contributed by atoms with Crippen LogP contribution in [-0.4, -0.2) is 14.6 Å². The predicted octanol–water partition coefficient (Wildman–Crippen LogP) is 6.60. The van der Waals surface area contributed by atoms with E-state index < -0.39 is 10.0 Å². The van der Waals surface area contributed by atoms with E-state index >= 15 is 0 Å². The first kappa shape index (κ1) is 22.0. The van der Waals surface area contributed by atoms with E-state index in [0.29, 0.717) is 5.69 Å². The van der Waals surface area contributed by atoms with Gasteiger partial charge in [-0.2, -0.15) is 0 Å². The van der Waals surface area contributed by atoms with E-state index in [1.54, 1.807) is 48.7 Å². The molecule has 6 heteroatoms. The Morgan fingerprint density at radius 2 is 1.34 bits per heavy atom. The van der Waals surface area contributed by atoms with Crippen LogP contribution in [0.1, 0.15) is 11.1 Å². The second-order valence-corrected chi connectivity index (χ2v) is 9.91. The van der Waals surface area contributed by atoms with Gasteiger partial charge in [-0.1, -0.05) is 76.6 Å². The fraction of sp³-hybridized carbons (Fsp3) is 0.0385. The molecule has 4 aromatic rings. The fourth-order valence-corrected chi connectivity index (χ4v) is 4.93. The van der Waals surface area contributed by atoms with Crippen LogP contribution in [0.25, 0.3) is 0 Å². The Morgan fingerprint density at radius 1 is 0.750 bits per heavy atom. The summed E-state index contributed by atoms with van der Waals surface area (Å²) in [6.45, 7) is 0.236. The predicted molar refractivity (Wildman–Crippen MR) is 134 cm³/mol. The van der Waals surface area contributed by atoms with Crippen molar-refractivity contribution in [2.24, 2.45) is 4.99 Å². The number of hydrogen-bond acceptors (Lipinski definition) is 3. The van der Waals surface area contributed by atoms with Gasteiger partial charge in [-0.25, -0.2) is 8.42 Å². The third-order valence-electron chi connectivity index (χ3n) is 4.87. The maximum atomic E-state index is 13.5. The van der Waals surface area contributed by atoms with E-state index in [1.807, 2.05) is 66.7 Å². The van der Waals surface area contributed by atoms with Gasteiger partial charge in [-0.15, -0.1) is 0 Å². The lowest BCUT2D eigenvalue weighted by atomic mass is 10.2. The Labute approximate surface area is 197 Å². The zero-order valence-electron chi connectivity index (χ0n) is 17.2. The van der Waals surface area contributed by atoms with Gasteiger partial charge in [-0.3, -0.25) is 9.30 Å². The molecule has 0 fully saturated rings. The van der Waals surface area contributed by atoms with Crippen molar-refractivity contribution in [3.8, 4) is 0 Å². The van der Waals surface area contributed by atoms with Gasteiger partial charge >= 0.3 is 0 Å². The summed E-state index contributed by atoms with van der Waals surface area (Å²) in [5.74, 6) is 0. The quantitative estimate of drug-likeness (QED) is 0.266. The average molecular weight is 505 g/mol. The molecule has 0 heterocycles. The second-order valence-electron chi connectivity index (χ2n) is 7.14. The lowest BCUT2D eigenvalue weighted by molar-refractivity contribution is 0.590. The lowest BCUT2D eigenvalue weighted by Crippen LogP contribution is -2.30. The topological polar surface area (TPSA) is 49.7 Å². The van der Waals surface area contributed by atoms with Crippen molar-refractivity contribution in [1.82, 2.24) is 0 Å². The molecule has 0 aliphatic rings. The smallest absolute Gasteiger partial charge is 0.262 e. The molecule has 0 radical (unpaired) electrons. The van der Waals surface area contributed by atoms with Crippen molar-refractivity contribution in [2.45, 2.75) is 11.4 Å². The van der Waals surface area contributed by atoms with Gasteiger partial charge in [0.1, 0.15) is 0 Å². The summed E-state index contributed by atoms with van der Waals surface area (Å²) in [5.41, 5.74) is 3.22. The number of nitrogens with zero attached hydrogens (tertiary/aromatic N) is 2. The van der Waals surface area contributed by atoms with Gasteiger partial charge < -0.3 is 0 Å². The van der Waals surface area contributed by atoms with Crippen molar-refractivity contribution in [3.63, 3.8) is 0 Å². The second kappa shape index (κ2) is 9.94. The van der Waals surface area contributed by atoms with E-state index in [0.717, 1.165) is 21.3 Å². The summed E-state index contributed by atoms with van der Waals surface area (Å²) in [6, 6.07) is 33.1. The van der Waals surface area contributed by atoms with Crippen molar-refractivity contribution < 1.29 is 8.42 Å². The third-order valence-corrected chi connectivity index (χ3v) is 7.19. The molecule has 0 aliphatic carbocycles. The Balaban J connectivity index is 1.64. The van der Waals surface area contributed by atoms with Gasteiger partial charge in [0.15, 0.2) is 0 Å². The Bertz CT molecular complexity index is 1290. The van der Waals surface area contributed by atoms with E-state index in [4.69, 9.17) is 0 Å². The summed E-state index contributed by atoms with van der Waals surface area (Å²) in [5, 5.41) is 0. The van der Waals surface area contributed by atoms with Crippen LogP contribution < -0.4 is 4.31 Å². The van der Waals surface area contributed by atoms with Crippen LogP contribution in [0.5, 0.6) is 0 Å². The first-order chi connectivity index (χ1) is 15.5. The molecule has 0 unspecified atom stereocenters. The SMILES string of the molecule is O=S(=O)(c1ccccc1)N(Cc1ccccc1)c1ccc(N=Cc2ccc(Br)cc2)cc1. The Hall–Kier alpha value is -3.22. The fourth-order valence-electron chi connectivity index (χ4n) is 3.19. The third kappa shape index (κ3) is 5.33. The highest BCUT2D eigenvalue weighted by Crippen LogP contribution is 2.28. The van der Waals surface area contributed by atoms with Crippen LogP contribution >= 0.6 is 15.9 Å². The minimum absolute atomic E-state index is 0.236. The number of halogens is 1. The molecule has 0 atom stereocenters. The maximum Gasteiger partial charge on any atom is 0.264 e. The molecule has 0 bridgehead atoms. The van der Waals surface area contributed by atoms with E-state index in [1.165, 1.54) is 4.31 Å². The van der Waals surface area contributed by atoms with Crippen molar-refractivity contribution in [2.75, 3.05) is 4.31 Å². The van der Waals surface area contributed by atoms with Crippen LogP contribution in [0.2, 0.25) is 0 Å². The van der Waals surface area contributed by atoms with Crippen LogP contribution in [0.15, 0.2) is 124 Å². The lowest BCUT2D eigenvalue weighted by Gasteiger charge is -2.25. The van der Waals surface area contributed by atoms with Crippen LogP contribution in [0.3, 0.4) is 0 Å². The zero-order chi connectivity index (χ0) is 22.4. The molecule has 4 aromatic carbocycles. The average Bonchev–Trinajstić information content (AvgIpc) is 2.84. The van der Waals surface area contributed by atoms with Crippen molar-refractivity contribution >= 4 is 43.5 Å². The molecule has 32 heavy (non-hydrogen) atoms. The highest BCUT2D eigenvalue weighted by Gasteiger charge is 2.25. The zero-order valence-corrected chi connectivity index (χ0v) is 19.6. The Morgan fingerprint density at radius 3 is 1.97 bits per heavy atom. The molecule has 0 saturated heterocycles. The number of sulfonamides is 1. The molecule has 4 nitrogen and oxygen atoms in total. The highest BCUT2D eigenvalue weighted by molar-refractivity contribution is 9.10. The summed E-state index contributed by atoms with van der Waals surface area (Å²) in [6.07, 6.45) is 1.78. The Kier molecular flexibility index (Phi) is 6.83. The van der Waals surface area contributed by atoms with Gasteiger partial charge in [0.2, 0.25) is 0 Å². The highest BCUT2D eigenvalue weighted by atomic mass is 79.9. The van der Waals surface area contributed by atoms with Gasteiger partial charge in [0.05, 0.1) is 22.8 Å². The molecule has 160 valence electrons. The van der Waals surface area contributed by atoms with Gasteiger partial charge in [-0.05, 0) is 59.7 Å². The standard InChI is InChI=1S/C26H21BrN2O2S/c27-23-13-11-21(12-14-23)19-28-24-15-17-25(18-16-24)29(20-22-7-3-1-4-8-22)32(30,31)26-9-5-2-6-10-26/h1-19H,20H2. The monoisotopic (exact) mass is 504 g/mol. The van der Waals surface area contributed by atoms with Crippen molar-refractivity contribution in [3.05, 3.63) is 125 Å². The summed E-state index contributed by atoms with van der Waals surface area (Å²) < 4.78 is 29.3. The molecular weight excluding hydrogens is 484 g/mol. The van der Waals surface area contributed by atoms with Crippen LogP contribution in [0.4, 0.5) is 11.4 Å². The van der Waals surface area contributed by atoms with Crippen LogP contribution in [0, 0.1) is 0 Å². The van der Waals surface area contributed by atoms with Crippen LogP contribution in [-0.2, 0) is 16.6 Å². The van der Waals surface area contributed by atoms with Gasteiger partial charge in [0, 0.05) is 10.7 Å². The minimum atomic E-state index is -3.73. The van der Waals surface area contributed by atoms with E-state index in [-0.39, 0.29) is 11.4 Å². The van der Waals surface area contributed by atoms with E-state index in [2.05, 4.69) is 20.9 Å². The number of benzene rings is 4. The molecule has 0 saturated carbocycles. The number of aliphatic imine (C=N–C) groups is 1.